The van der Waals surface area contributed by atoms with Crippen molar-refractivity contribution in [2.45, 2.75) is 12.8 Å². The van der Waals surface area contributed by atoms with Crippen LogP contribution in [-0.2, 0) is 0 Å². The van der Waals surface area contributed by atoms with E-state index in [-0.39, 0.29) is 0 Å². The molecule has 1 aromatic carbocycles. The van der Waals surface area contributed by atoms with E-state index in [1.807, 2.05) is 24.3 Å². The van der Waals surface area contributed by atoms with Crippen LogP contribution >= 0.6 is 0 Å². The second-order valence-corrected chi connectivity index (χ2v) is 4.10. The molecular formula is C12H19N2O2+. The number of rotatable bonds is 5. The molecule has 0 unspecified atom stereocenters. The molecule has 0 aliphatic carbocycles. The van der Waals surface area contributed by atoms with Crippen molar-refractivity contribution in [2.24, 2.45) is 0 Å². The lowest BCUT2D eigenvalue weighted by Crippen LogP contribution is -2.73. The zero-order chi connectivity index (χ0) is 11.2. The molecule has 0 amide bonds. The molecular weight excluding hydrogens is 204 g/mol. The van der Waals surface area contributed by atoms with Gasteiger partial charge >= 0.3 is 0 Å². The molecule has 1 saturated heterocycles. The fraction of sp³-hybridized carbons (Fsp3) is 0.500. The molecule has 4 heteroatoms. The standard InChI is InChI=1S/C12H18N2O2/c15-13-11-3-5-12(6-4-11)16-10-9-14-7-1-2-8-14/h3-6,13,15H,1-2,7-10H2/p+1. The van der Waals surface area contributed by atoms with Crippen molar-refractivity contribution in [3.63, 3.8) is 0 Å². The van der Waals surface area contributed by atoms with Gasteiger partial charge in [0.25, 0.3) is 0 Å². The van der Waals surface area contributed by atoms with Crippen LogP contribution in [0.15, 0.2) is 24.3 Å². The number of hydrogen-bond donors (Lipinski definition) is 2. The SMILES string of the molecule is O[NH2+]c1ccc(OCCN2CCCC2)cc1. The molecule has 0 aromatic heterocycles. The topological polar surface area (TPSA) is 49.3 Å². The van der Waals surface area contributed by atoms with Crippen LogP contribution in [0.2, 0.25) is 0 Å². The lowest BCUT2D eigenvalue weighted by atomic mass is 10.3. The van der Waals surface area contributed by atoms with Crippen LogP contribution in [0.5, 0.6) is 5.75 Å². The summed E-state index contributed by atoms with van der Waals surface area (Å²) in [6.45, 7) is 4.17. The summed E-state index contributed by atoms with van der Waals surface area (Å²) in [6, 6.07) is 7.44. The lowest BCUT2D eigenvalue weighted by Gasteiger charge is -2.14. The summed E-state index contributed by atoms with van der Waals surface area (Å²) < 4.78 is 5.63. The Morgan fingerprint density at radius 1 is 1.19 bits per heavy atom. The van der Waals surface area contributed by atoms with Gasteiger partial charge in [0.1, 0.15) is 12.4 Å². The average molecular weight is 223 g/mol. The normalized spacial score (nSPS) is 16.6. The van der Waals surface area contributed by atoms with E-state index in [0.29, 0.717) is 0 Å². The summed E-state index contributed by atoms with van der Waals surface area (Å²) in [5.41, 5.74) is 1.89. The molecule has 16 heavy (non-hydrogen) atoms. The average Bonchev–Trinajstić information content (AvgIpc) is 2.83. The first-order chi connectivity index (χ1) is 7.88. The largest absolute Gasteiger partial charge is 0.492 e. The third-order valence-corrected chi connectivity index (χ3v) is 2.90. The van der Waals surface area contributed by atoms with Crippen LogP contribution in [0, 0.1) is 0 Å². The quantitative estimate of drug-likeness (QED) is 0.572. The van der Waals surface area contributed by atoms with Crippen LogP contribution in [0.4, 0.5) is 5.69 Å². The summed E-state index contributed by atoms with van der Waals surface area (Å²) >= 11 is 0. The van der Waals surface area contributed by atoms with Crippen molar-refractivity contribution in [3.8, 4) is 5.75 Å². The third kappa shape index (κ3) is 3.20. The van der Waals surface area contributed by atoms with E-state index in [2.05, 4.69) is 4.90 Å². The number of likely N-dealkylation sites (tertiary alicyclic amines) is 1. The molecule has 88 valence electrons. The van der Waals surface area contributed by atoms with Gasteiger partial charge in [-0.2, -0.15) is 5.48 Å². The second-order valence-electron chi connectivity index (χ2n) is 4.10. The smallest absolute Gasteiger partial charge is 0.161 e. The van der Waals surface area contributed by atoms with E-state index in [4.69, 9.17) is 9.94 Å². The van der Waals surface area contributed by atoms with Gasteiger partial charge in [-0.1, -0.05) is 0 Å². The highest BCUT2D eigenvalue weighted by molar-refractivity contribution is 5.34. The van der Waals surface area contributed by atoms with Gasteiger partial charge in [-0.3, -0.25) is 4.90 Å². The number of ether oxygens (including phenoxy) is 1. The lowest BCUT2D eigenvalue weighted by molar-refractivity contribution is -0.825. The van der Waals surface area contributed by atoms with E-state index in [1.165, 1.54) is 25.9 Å². The summed E-state index contributed by atoms with van der Waals surface area (Å²) in [6.07, 6.45) is 2.64. The van der Waals surface area contributed by atoms with Crippen molar-refractivity contribution < 1.29 is 15.4 Å². The van der Waals surface area contributed by atoms with Gasteiger partial charge in [0.05, 0.1) is 0 Å². The van der Waals surface area contributed by atoms with Crippen molar-refractivity contribution in [1.82, 2.24) is 4.90 Å². The van der Waals surface area contributed by atoms with E-state index < -0.39 is 0 Å². The number of quaternary nitrogens is 1. The summed E-state index contributed by atoms with van der Waals surface area (Å²) in [5, 5.41) is 8.78. The van der Waals surface area contributed by atoms with Gasteiger partial charge in [-0.05, 0) is 38.1 Å². The van der Waals surface area contributed by atoms with Crippen LogP contribution in [0.3, 0.4) is 0 Å². The van der Waals surface area contributed by atoms with Crippen molar-refractivity contribution in [3.05, 3.63) is 24.3 Å². The highest BCUT2D eigenvalue weighted by Crippen LogP contribution is 2.13. The molecule has 2 rings (SSSR count). The number of hydrogen-bond acceptors (Lipinski definition) is 3. The van der Waals surface area contributed by atoms with Gasteiger partial charge < -0.3 is 4.74 Å². The molecule has 3 N–H and O–H groups in total. The maximum atomic E-state index is 8.78. The summed E-state index contributed by atoms with van der Waals surface area (Å²) in [4.78, 5) is 2.43. The van der Waals surface area contributed by atoms with Crippen molar-refractivity contribution >= 4 is 5.69 Å². The molecule has 0 spiro atoms. The molecule has 1 aliphatic heterocycles. The fourth-order valence-corrected chi connectivity index (χ4v) is 1.95. The first-order valence-corrected chi connectivity index (χ1v) is 5.81. The number of benzene rings is 1. The Morgan fingerprint density at radius 2 is 1.88 bits per heavy atom. The second kappa shape index (κ2) is 5.84. The highest BCUT2D eigenvalue weighted by atomic mass is 16.5. The Bertz CT molecular complexity index is 307. The maximum absolute atomic E-state index is 8.78. The van der Waals surface area contributed by atoms with E-state index in [0.717, 1.165) is 30.1 Å². The number of nitrogens with zero attached hydrogens (tertiary/aromatic N) is 1. The van der Waals surface area contributed by atoms with Gasteiger partial charge in [0.15, 0.2) is 5.69 Å². The summed E-state index contributed by atoms with van der Waals surface area (Å²) in [7, 11) is 0. The Hall–Kier alpha value is -1.10. The molecule has 0 radical (unpaired) electrons. The summed E-state index contributed by atoms with van der Waals surface area (Å²) in [5.74, 6) is 0.866. The van der Waals surface area contributed by atoms with Crippen LogP contribution < -0.4 is 10.2 Å². The zero-order valence-electron chi connectivity index (χ0n) is 9.43. The van der Waals surface area contributed by atoms with Crippen molar-refractivity contribution in [1.29, 1.82) is 0 Å². The minimum Gasteiger partial charge on any atom is -0.492 e. The predicted octanol–water partition coefficient (Wildman–Crippen LogP) is 0.745. The maximum Gasteiger partial charge on any atom is 0.161 e. The molecule has 1 aromatic rings. The van der Waals surface area contributed by atoms with Gasteiger partial charge in [0.2, 0.25) is 0 Å². The van der Waals surface area contributed by atoms with Gasteiger partial charge in [-0.25, -0.2) is 5.21 Å². The van der Waals surface area contributed by atoms with Gasteiger partial charge in [0, 0.05) is 18.7 Å². The Morgan fingerprint density at radius 3 is 2.50 bits per heavy atom. The Kier molecular flexibility index (Phi) is 4.16. The van der Waals surface area contributed by atoms with E-state index in [1.54, 1.807) is 0 Å². The van der Waals surface area contributed by atoms with Crippen molar-refractivity contribution in [2.75, 3.05) is 26.2 Å². The van der Waals surface area contributed by atoms with Crippen LogP contribution in [0.25, 0.3) is 0 Å². The van der Waals surface area contributed by atoms with Crippen LogP contribution in [0.1, 0.15) is 12.8 Å². The number of nitrogens with two attached hydrogens (primary N) is 1. The van der Waals surface area contributed by atoms with Crippen LogP contribution in [-0.4, -0.2) is 36.3 Å². The minimum atomic E-state index is 0.738. The molecule has 0 bridgehead atoms. The van der Waals surface area contributed by atoms with Gasteiger partial charge in [-0.15, -0.1) is 0 Å². The first-order valence-electron chi connectivity index (χ1n) is 5.81. The highest BCUT2D eigenvalue weighted by Gasteiger charge is 2.10. The molecule has 0 saturated carbocycles. The molecule has 4 nitrogen and oxygen atoms in total. The first kappa shape index (κ1) is 11.4. The van der Waals surface area contributed by atoms with E-state index >= 15 is 0 Å². The van der Waals surface area contributed by atoms with E-state index in [9.17, 15) is 0 Å². The monoisotopic (exact) mass is 223 g/mol. The molecule has 1 heterocycles. The third-order valence-electron chi connectivity index (χ3n) is 2.90. The Balaban J connectivity index is 1.71. The fourth-order valence-electron chi connectivity index (χ4n) is 1.95. The molecule has 1 aliphatic rings. The zero-order valence-corrected chi connectivity index (χ0v) is 9.43. The predicted molar refractivity (Wildman–Crippen MR) is 61.0 cm³/mol. The Labute approximate surface area is 95.8 Å². The minimum absolute atomic E-state index is 0.738. The molecule has 0 atom stereocenters. The molecule has 1 fully saturated rings.